The molecule has 0 heterocycles. The monoisotopic (exact) mass is 345 g/mol. The van der Waals surface area contributed by atoms with Crippen molar-refractivity contribution in [3.8, 4) is 0 Å². The Kier molecular flexibility index (Phi) is 3.73. The van der Waals surface area contributed by atoms with E-state index in [1.807, 2.05) is 25.1 Å². The second kappa shape index (κ2) is 4.94. The van der Waals surface area contributed by atoms with Crippen LogP contribution in [0.3, 0.4) is 0 Å². The Balaban J connectivity index is 2.13. The second-order valence-electron chi connectivity index (χ2n) is 4.65. The van der Waals surface area contributed by atoms with E-state index in [4.69, 9.17) is 0 Å². The Morgan fingerprint density at radius 2 is 2.06 bits per heavy atom. The fraction of sp³-hybridized carbons (Fsp3) is 0.462. The summed E-state index contributed by atoms with van der Waals surface area (Å²) in [6.07, 6.45) is 3.00. The molecular formula is C13H16INO2. The van der Waals surface area contributed by atoms with Gasteiger partial charge in [-0.1, -0.05) is 0 Å². The minimum absolute atomic E-state index is 0.265. The third-order valence-electron chi connectivity index (χ3n) is 3.29. The number of hydrogen-bond donors (Lipinski definition) is 2. The van der Waals surface area contributed by atoms with Gasteiger partial charge in [0.05, 0.1) is 0 Å². The Morgan fingerprint density at radius 1 is 1.41 bits per heavy atom. The van der Waals surface area contributed by atoms with Crippen molar-refractivity contribution >= 4 is 34.2 Å². The molecule has 1 aromatic rings. The van der Waals surface area contributed by atoms with Gasteiger partial charge in [-0.25, -0.2) is 0 Å². The first-order valence-corrected chi connectivity index (χ1v) is 6.89. The molecule has 0 aromatic heterocycles. The van der Waals surface area contributed by atoms with E-state index in [9.17, 15) is 9.90 Å². The number of anilines is 1. The van der Waals surface area contributed by atoms with E-state index in [-0.39, 0.29) is 5.91 Å². The van der Waals surface area contributed by atoms with Gasteiger partial charge in [-0.05, 0) is 79.0 Å². The molecule has 2 rings (SSSR count). The number of halogens is 1. The predicted octanol–water partition coefficient (Wildman–Crippen LogP) is 2.84. The van der Waals surface area contributed by atoms with Crippen LogP contribution >= 0.6 is 22.6 Å². The molecule has 0 radical (unpaired) electrons. The molecule has 0 unspecified atom stereocenters. The Labute approximate surface area is 115 Å². The lowest BCUT2D eigenvalue weighted by Crippen LogP contribution is -2.40. The van der Waals surface area contributed by atoms with E-state index in [2.05, 4.69) is 27.9 Å². The van der Waals surface area contributed by atoms with Crippen LogP contribution in [0, 0.1) is 10.5 Å². The van der Waals surface area contributed by atoms with Crippen LogP contribution in [-0.4, -0.2) is 16.6 Å². The van der Waals surface area contributed by atoms with Crippen LogP contribution in [0.15, 0.2) is 18.2 Å². The molecule has 0 aliphatic heterocycles. The van der Waals surface area contributed by atoms with E-state index >= 15 is 0 Å². The number of carbonyl (C=O) groups is 1. The summed E-state index contributed by atoms with van der Waals surface area (Å²) >= 11 is 2.23. The standard InChI is InChI=1S/C13H16INO2/c1-9-8-10(14)4-5-11(9)15-12(16)13(17)6-2-3-7-13/h4-5,8,17H,2-3,6-7H2,1H3,(H,15,16). The Hall–Kier alpha value is -0.620. The summed E-state index contributed by atoms with van der Waals surface area (Å²) in [6, 6.07) is 5.84. The molecule has 1 aromatic carbocycles. The van der Waals surface area contributed by atoms with Crippen molar-refractivity contribution in [1.82, 2.24) is 0 Å². The van der Waals surface area contributed by atoms with Gasteiger partial charge in [0.1, 0.15) is 5.60 Å². The van der Waals surface area contributed by atoms with Gasteiger partial charge in [-0.3, -0.25) is 4.79 Å². The second-order valence-corrected chi connectivity index (χ2v) is 5.90. The molecule has 4 heteroatoms. The van der Waals surface area contributed by atoms with Crippen molar-refractivity contribution in [3.63, 3.8) is 0 Å². The summed E-state index contributed by atoms with van der Waals surface area (Å²) in [5.41, 5.74) is 0.651. The number of carbonyl (C=O) groups excluding carboxylic acids is 1. The van der Waals surface area contributed by atoms with E-state index in [1.54, 1.807) is 0 Å². The maximum absolute atomic E-state index is 12.0. The molecule has 0 bridgehead atoms. The average molecular weight is 345 g/mol. The molecule has 92 valence electrons. The zero-order valence-corrected chi connectivity index (χ0v) is 12.0. The first-order valence-electron chi connectivity index (χ1n) is 5.81. The van der Waals surface area contributed by atoms with Gasteiger partial charge in [0.2, 0.25) is 0 Å². The number of rotatable bonds is 2. The van der Waals surface area contributed by atoms with Crippen LogP contribution in [0.5, 0.6) is 0 Å². The highest BCUT2D eigenvalue weighted by molar-refractivity contribution is 14.1. The third-order valence-corrected chi connectivity index (χ3v) is 3.96. The number of hydrogen-bond acceptors (Lipinski definition) is 2. The quantitative estimate of drug-likeness (QED) is 0.810. The maximum atomic E-state index is 12.0. The molecule has 1 amide bonds. The number of aliphatic hydroxyl groups is 1. The number of nitrogens with one attached hydrogen (secondary N) is 1. The fourth-order valence-electron chi connectivity index (χ4n) is 2.19. The molecule has 1 aliphatic rings. The summed E-state index contributed by atoms with van der Waals surface area (Å²) in [5.74, 6) is -0.265. The van der Waals surface area contributed by atoms with Crippen LogP contribution in [0.4, 0.5) is 5.69 Å². The normalized spacial score (nSPS) is 18.1. The lowest BCUT2D eigenvalue weighted by molar-refractivity contribution is -0.133. The van der Waals surface area contributed by atoms with Crippen molar-refractivity contribution in [2.24, 2.45) is 0 Å². The molecule has 17 heavy (non-hydrogen) atoms. The van der Waals surface area contributed by atoms with Crippen LogP contribution in [-0.2, 0) is 4.79 Å². The molecule has 1 saturated carbocycles. The zero-order chi connectivity index (χ0) is 12.5. The molecule has 0 saturated heterocycles. The van der Waals surface area contributed by atoms with Gasteiger partial charge in [0.25, 0.3) is 5.91 Å². The van der Waals surface area contributed by atoms with E-state index < -0.39 is 5.60 Å². The number of amides is 1. The van der Waals surface area contributed by atoms with Gasteiger partial charge >= 0.3 is 0 Å². The highest BCUT2D eigenvalue weighted by atomic mass is 127. The van der Waals surface area contributed by atoms with Crippen molar-refractivity contribution in [2.75, 3.05) is 5.32 Å². The highest BCUT2D eigenvalue weighted by Crippen LogP contribution is 2.31. The van der Waals surface area contributed by atoms with Gasteiger partial charge in [-0.2, -0.15) is 0 Å². The minimum Gasteiger partial charge on any atom is -0.380 e. The lowest BCUT2D eigenvalue weighted by Gasteiger charge is -2.21. The van der Waals surface area contributed by atoms with E-state index in [1.165, 1.54) is 0 Å². The van der Waals surface area contributed by atoms with Gasteiger partial charge in [0, 0.05) is 9.26 Å². The van der Waals surface area contributed by atoms with Crippen LogP contribution in [0.2, 0.25) is 0 Å². The summed E-state index contributed by atoms with van der Waals surface area (Å²) in [5, 5.41) is 13.0. The van der Waals surface area contributed by atoms with Crippen molar-refractivity contribution < 1.29 is 9.90 Å². The Morgan fingerprint density at radius 3 is 2.65 bits per heavy atom. The smallest absolute Gasteiger partial charge is 0.256 e. The first kappa shape index (κ1) is 12.8. The van der Waals surface area contributed by atoms with Crippen LogP contribution in [0.1, 0.15) is 31.2 Å². The van der Waals surface area contributed by atoms with Crippen LogP contribution < -0.4 is 5.32 Å². The van der Waals surface area contributed by atoms with E-state index in [0.717, 1.165) is 27.7 Å². The van der Waals surface area contributed by atoms with E-state index in [0.29, 0.717) is 12.8 Å². The van der Waals surface area contributed by atoms with Gasteiger partial charge in [0.15, 0.2) is 0 Å². The molecule has 1 aliphatic carbocycles. The van der Waals surface area contributed by atoms with Crippen molar-refractivity contribution in [2.45, 2.75) is 38.2 Å². The minimum atomic E-state index is -1.16. The summed E-state index contributed by atoms with van der Waals surface area (Å²) in [6.45, 7) is 1.95. The van der Waals surface area contributed by atoms with Crippen molar-refractivity contribution in [1.29, 1.82) is 0 Å². The highest BCUT2D eigenvalue weighted by Gasteiger charge is 2.38. The average Bonchev–Trinajstić information content (AvgIpc) is 2.71. The van der Waals surface area contributed by atoms with Crippen molar-refractivity contribution in [3.05, 3.63) is 27.3 Å². The Bertz CT molecular complexity index is 439. The number of aryl methyl sites for hydroxylation is 1. The summed E-state index contributed by atoms with van der Waals surface area (Å²) in [4.78, 5) is 12.0. The summed E-state index contributed by atoms with van der Waals surface area (Å²) < 4.78 is 1.14. The summed E-state index contributed by atoms with van der Waals surface area (Å²) in [7, 11) is 0. The fourth-order valence-corrected chi connectivity index (χ4v) is 2.84. The zero-order valence-electron chi connectivity index (χ0n) is 9.79. The number of benzene rings is 1. The van der Waals surface area contributed by atoms with Gasteiger partial charge in [-0.15, -0.1) is 0 Å². The molecule has 2 N–H and O–H groups in total. The molecule has 0 spiro atoms. The molecule has 3 nitrogen and oxygen atoms in total. The SMILES string of the molecule is Cc1cc(I)ccc1NC(=O)C1(O)CCCC1. The molecular weight excluding hydrogens is 329 g/mol. The first-order chi connectivity index (χ1) is 8.01. The third kappa shape index (κ3) is 2.80. The molecule has 1 fully saturated rings. The lowest BCUT2D eigenvalue weighted by atomic mass is 10.0. The largest absolute Gasteiger partial charge is 0.380 e. The topological polar surface area (TPSA) is 49.3 Å². The van der Waals surface area contributed by atoms with Gasteiger partial charge < -0.3 is 10.4 Å². The molecule has 0 atom stereocenters. The predicted molar refractivity (Wildman–Crippen MR) is 75.9 cm³/mol. The maximum Gasteiger partial charge on any atom is 0.256 e. The van der Waals surface area contributed by atoms with Crippen LogP contribution in [0.25, 0.3) is 0 Å².